The fourth-order valence-corrected chi connectivity index (χ4v) is 3.06. The molecule has 3 rings (SSSR count). The number of amides is 2. The van der Waals surface area contributed by atoms with Crippen molar-refractivity contribution in [3.63, 3.8) is 0 Å². The Balaban J connectivity index is 1.38. The van der Waals surface area contributed by atoms with Crippen molar-refractivity contribution in [3.8, 4) is 0 Å². The number of nitrogens with one attached hydrogen (secondary N) is 2. The van der Waals surface area contributed by atoms with E-state index < -0.39 is 0 Å². The molecule has 2 aromatic heterocycles. The minimum atomic E-state index is -0.110. The largest absolute Gasteiger partial charge is 0.355 e. The quantitative estimate of drug-likeness (QED) is 0.754. The maximum atomic E-state index is 12.4. The van der Waals surface area contributed by atoms with Gasteiger partial charge < -0.3 is 15.5 Å². The molecular formula is C19H24N6O2. The maximum Gasteiger partial charge on any atom is 0.225 e. The molecule has 0 bridgehead atoms. The minimum absolute atomic E-state index is 0.0179. The number of anilines is 1. The molecule has 142 valence electrons. The molecule has 0 spiro atoms. The highest BCUT2D eigenvalue weighted by atomic mass is 16.2. The summed E-state index contributed by atoms with van der Waals surface area (Å²) in [6, 6.07) is 5.51. The monoisotopic (exact) mass is 368 g/mol. The zero-order valence-corrected chi connectivity index (χ0v) is 15.2. The summed E-state index contributed by atoms with van der Waals surface area (Å²) < 4.78 is 0. The molecule has 2 aromatic rings. The number of pyridine rings is 1. The van der Waals surface area contributed by atoms with E-state index in [0.717, 1.165) is 24.9 Å². The molecule has 0 aliphatic carbocycles. The Labute approximate surface area is 158 Å². The second-order valence-electron chi connectivity index (χ2n) is 6.51. The molecule has 27 heavy (non-hydrogen) atoms. The van der Waals surface area contributed by atoms with E-state index in [-0.39, 0.29) is 24.2 Å². The van der Waals surface area contributed by atoms with E-state index in [2.05, 4.69) is 25.6 Å². The number of carbonyl (C=O) groups is 2. The molecule has 2 N–H and O–H groups in total. The van der Waals surface area contributed by atoms with Gasteiger partial charge in [0.2, 0.25) is 17.8 Å². The summed E-state index contributed by atoms with van der Waals surface area (Å²) in [5.41, 5.74) is 0.945. The molecule has 3 heterocycles. The van der Waals surface area contributed by atoms with Crippen LogP contribution in [0, 0.1) is 5.92 Å². The van der Waals surface area contributed by atoms with Gasteiger partial charge >= 0.3 is 0 Å². The SMILES string of the molecule is O=C(CCNC(=O)[C@@H]1CCCN(c2ncccn2)C1)NCc1cccnc1. The second kappa shape index (κ2) is 9.61. The van der Waals surface area contributed by atoms with Crippen LogP contribution < -0.4 is 15.5 Å². The van der Waals surface area contributed by atoms with Gasteiger partial charge in [0.15, 0.2) is 0 Å². The normalized spacial score (nSPS) is 16.6. The number of aromatic nitrogens is 3. The summed E-state index contributed by atoms with van der Waals surface area (Å²) in [6.45, 7) is 2.22. The van der Waals surface area contributed by atoms with Gasteiger partial charge in [-0.25, -0.2) is 9.97 Å². The van der Waals surface area contributed by atoms with E-state index in [9.17, 15) is 9.59 Å². The standard InChI is InChI=1S/C19H24N6O2/c26-17(24-13-15-4-1-7-20-12-15)6-10-21-18(27)16-5-2-11-25(14-16)19-22-8-3-9-23-19/h1,3-4,7-9,12,16H,2,5-6,10-11,13-14H2,(H,21,27)(H,24,26)/t16-/m1/s1. The average molecular weight is 368 g/mol. The van der Waals surface area contributed by atoms with Gasteiger partial charge in [-0.15, -0.1) is 0 Å². The van der Waals surface area contributed by atoms with Crippen LogP contribution in [-0.2, 0) is 16.1 Å². The Hall–Kier alpha value is -3.03. The van der Waals surface area contributed by atoms with Crippen molar-refractivity contribution in [2.45, 2.75) is 25.8 Å². The maximum absolute atomic E-state index is 12.4. The summed E-state index contributed by atoms with van der Waals surface area (Å²) in [6.07, 6.45) is 8.82. The number of carbonyl (C=O) groups excluding carboxylic acids is 2. The third kappa shape index (κ3) is 5.73. The smallest absolute Gasteiger partial charge is 0.225 e. The molecule has 0 unspecified atom stereocenters. The van der Waals surface area contributed by atoms with Gasteiger partial charge in [0, 0.05) is 57.4 Å². The first kappa shape index (κ1) is 18.8. The third-order valence-electron chi connectivity index (χ3n) is 4.49. The number of hydrogen-bond acceptors (Lipinski definition) is 6. The van der Waals surface area contributed by atoms with Crippen molar-refractivity contribution >= 4 is 17.8 Å². The van der Waals surface area contributed by atoms with E-state index in [1.807, 2.05) is 17.0 Å². The molecule has 1 aliphatic heterocycles. The van der Waals surface area contributed by atoms with E-state index in [1.165, 1.54) is 0 Å². The van der Waals surface area contributed by atoms with Crippen LogP contribution in [0.2, 0.25) is 0 Å². The molecule has 1 fully saturated rings. The van der Waals surface area contributed by atoms with Crippen LogP contribution in [0.4, 0.5) is 5.95 Å². The Morgan fingerprint density at radius 1 is 1.15 bits per heavy atom. The summed E-state index contributed by atoms with van der Waals surface area (Å²) in [7, 11) is 0. The van der Waals surface area contributed by atoms with Crippen LogP contribution >= 0.6 is 0 Å². The lowest BCUT2D eigenvalue weighted by Gasteiger charge is -2.31. The zero-order chi connectivity index (χ0) is 18.9. The van der Waals surface area contributed by atoms with Gasteiger partial charge in [0.25, 0.3) is 0 Å². The molecular weight excluding hydrogens is 344 g/mol. The van der Waals surface area contributed by atoms with Crippen LogP contribution in [0.1, 0.15) is 24.8 Å². The van der Waals surface area contributed by atoms with Crippen molar-refractivity contribution < 1.29 is 9.59 Å². The Morgan fingerprint density at radius 3 is 2.78 bits per heavy atom. The average Bonchev–Trinajstić information content (AvgIpc) is 2.73. The highest BCUT2D eigenvalue weighted by Crippen LogP contribution is 2.19. The van der Waals surface area contributed by atoms with Crippen LogP contribution in [0.15, 0.2) is 43.0 Å². The Kier molecular flexibility index (Phi) is 6.67. The van der Waals surface area contributed by atoms with Gasteiger partial charge in [-0.2, -0.15) is 0 Å². The van der Waals surface area contributed by atoms with Gasteiger partial charge in [-0.3, -0.25) is 14.6 Å². The molecule has 1 saturated heterocycles. The van der Waals surface area contributed by atoms with Crippen molar-refractivity contribution in [2.24, 2.45) is 5.92 Å². The number of piperidine rings is 1. The third-order valence-corrected chi connectivity index (χ3v) is 4.49. The summed E-state index contributed by atoms with van der Waals surface area (Å²) in [4.78, 5) is 38.9. The lowest BCUT2D eigenvalue weighted by molar-refractivity contribution is -0.125. The zero-order valence-electron chi connectivity index (χ0n) is 15.2. The molecule has 0 saturated carbocycles. The lowest BCUT2D eigenvalue weighted by Crippen LogP contribution is -2.44. The van der Waals surface area contributed by atoms with Crippen molar-refractivity contribution in [1.29, 1.82) is 0 Å². The van der Waals surface area contributed by atoms with Gasteiger partial charge in [0.05, 0.1) is 5.92 Å². The molecule has 8 nitrogen and oxygen atoms in total. The Morgan fingerprint density at radius 2 is 2.00 bits per heavy atom. The van der Waals surface area contributed by atoms with Crippen molar-refractivity contribution in [3.05, 3.63) is 48.5 Å². The number of hydrogen-bond donors (Lipinski definition) is 2. The van der Waals surface area contributed by atoms with E-state index in [4.69, 9.17) is 0 Å². The highest BCUT2D eigenvalue weighted by Gasteiger charge is 2.26. The Bertz CT molecular complexity index is 740. The summed E-state index contributed by atoms with van der Waals surface area (Å²) in [5, 5.41) is 5.70. The minimum Gasteiger partial charge on any atom is -0.355 e. The van der Waals surface area contributed by atoms with Crippen LogP contribution in [0.5, 0.6) is 0 Å². The topological polar surface area (TPSA) is 100 Å². The summed E-state index contributed by atoms with van der Waals surface area (Å²) in [5.74, 6) is 0.434. The highest BCUT2D eigenvalue weighted by molar-refractivity contribution is 5.81. The van der Waals surface area contributed by atoms with E-state index in [1.54, 1.807) is 30.9 Å². The predicted molar refractivity (Wildman–Crippen MR) is 101 cm³/mol. The van der Waals surface area contributed by atoms with Gasteiger partial charge in [0.1, 0.15) is 0 Å². The van der Waals surface area contributed by atoms with Crippen molar-refractivity contribution in [2.75, 3.05) is 24.5 Å². The molecule has 1 atom stereocenters. The fourth-order valence-electron chi connectivity index (χ4n) is 3.06. The van der Waals surface area contributed by atoms with Crippen LogP contribution in [0.3, 0.4) is 0 Å². The molecule has 2 amide bonds. The molecule has 0 aromatic carbocycles. The second-order valence-corrected chi connectivity index (χ2v) is 6.51. The van der Waals surface area contributed by atoms with Crippen LogP contribution in [-0.4, -0.2) is 46.4 Å². The number of nitrogens with zero attached hydrogens (tertiary/aromatic N) is 4. The predicted octanol–water partition coefficient (Wildman–Crippen LogP) is 0.911. The van der Waals surface area contributed by atoms with E-state index >= 15 is 0 Å². The lowest BCUT2D eigenvalue weighted by atomic mass is 9.97. The van der Waals surface area contributed by atoms with Crippen molar-refractivity contribution in [1.82, 2.24) is 25.6 Å². The van der Waals surface area contributed by atoms with E-state index in [0.29, 0.717) is 25.6 Å². The molecule has 1 aliphatic rings. The van der Waals surface area contributed by atoms with Gasteiger partial charge in [-0.1, -0.05) is 6.07 Å². The summed E-state index contributed by atoms with van der Waals surface area (Å²) >= 11 is 0. The first-order valence-corrected chi connectivity index (χ1v) is 9.17. The van der Waals surface area contributed by atoms with Gasteiger partial charge in [-0.05, 0) is 30.5 Å². The molecule has 8 heteroatoms. The van der Waals surface area contributed by atoms with Crippen LogP contribution in [0.25, 0.3) is 0 Å². The molecule has 0 radical (unpaired) electrons. The first-order chi connectivity index (χ1) is 13.2. The number of rotatable bonds is 7. The fraction of sp³-hybridized carbons (Fsp3) is 0.421. The first-order valence-electron chi connectivity index (χ1n) is 9.17.